The van der Waals surface area contributed by atoms with Crippen LogP contribution in [-0.2, 0) is 4.79 Å². The fourth-order valence-electron chi connectivity index (χ4n) is 1.95. The zero-order chi connectivity index (χ0) is 15.4. The molecule has 2 rings (SSSR count). The van der Waals surface area contributed by atoms with Crippen LogP contribution >= 0.6 is 11.6 Å². The number of carbonyl (C=O) groups is 1. The normalized spacial score (nSPS) is 11.7. The van der Waals surface area contributed by atoms with Crippen LogP contribution in [0.5, 0.6) is 0 Å². The number of allylic oxidation sites excluding steroid dienone is 1. The van der Waals surface area contributed by atoms with Crippen molar-refractivity contribution in [3.63, 3.8) is 0 Å². The summed E-state index contributed by atoms with van der Waals surface area (Å²) in [6.07, 6.45) is 0.245. The molecule has 0 aliphatic rings. The van der Waals surface area contributed by atoms with Crippen LogP contribution in [0.25, 0.3) is 16.9 Å². The van der Waals surface area contributed by atoms with Gasteiger partial charge in [0.1, 0.15) is 23.2 Å². The Balaban J connectivity index is 2.46. The third-order valence-corrected chi connectivity index (χ3v) is 3.26. The number of rotatable bonds is 4. The van der Waals surface area contributed by atoms with Crippen LogP contribution in [0.4, 0.5) is 0 Å². The summed E-state index contributed by atoms with van der Waals surface area (Å²) in [6, 6.07) is 12.2. The van der Waals surface area contributed by atoms with Gasteiger partial charge in [-0.3, -0.25) is 0 Å². The van der Waals surface area contributed by atoms with E-state index in [0.29, 0.717) is 10.8 Å². The van der Waals surface area contributed by atoms with Crippen LogP contribution in [0.2, 0.25) is 5.02 Å². The van der Waals surface area contributed by atoms with E-state index in [1.54, 1.807) is 43.3 Å². The maximum atomic E-state index is 11.2. The Morgan fingerprint density at radius 2 is 1.95 bits per heavy atom. The van der Waals surface area contributed by atoms with Crippen LogP contribution in [0.3, 0.4) is 0 Å². The van der Waals surface area contributed by atoms with Crippen molar-refractivity contribution >= 4 is 23.1 Å². The van der Waals surface area contributed by atoms with Gasteiger partial charge in [0, 0.05) is 10.6 Å². The maximum absolute atomic E-state index is 11.2. The van der Waals surface area contributed by atoms with Gasteiger partial charge in [-0.05, 0) is 42.8 Å². The number of benzene rings is 1. The third kappa shape index (κ3) is 3.15. The number of hydrogen-bond donors (Lipinski definition) is 1. The predicted molar refractivity (Wildman–Crippen MR) is 79.6 cm³/mol. The molecular formula is C16H12ClNO3. The first-order chi connectivity index (χ1) is 10.1. The molecule has 0 atom stereocenters. The zero-order valence-corrected chi connectivity index (χ0v) is 12.0. The minimum absolute atomic E-state index is 0.0366. The fraction of sp³-hybridized carbons (Fsp3) is 0.125. The second-order valence-electron chi connectivity index (χ2n) is 4.29. The lowest BCUT2D eigenvalue weighted by atomic mass is 10.1. The summed E-state index contributed by atoms with van der Waals surface area (Å²) in [7, 11) is 0. The van der Waals surface area contributed by atoms with Crippen LogP contribution in [-0.4, -0.2) is 11.1 Å². The number of nitriles is 1. The zero-order valence-electron chi connectivity index (χ0n) is 11.3. The van der Waals surface area contributed by atoms with Gasteiger partial charge in [0.15, 0.2) is 0 Å². The van der Waals surface area contributed by atoms with Crippen molar-refractivity contribution in [1.82, 2.24) is 0 Å². The lowest BCUT2D eigenvalue weighted by Gasteiger charge is -2.01. The highest BCUT2D eigenvalue weighted by Gasteiger charge is 2.17. The van der Waals surface area contributed by atoms with E-state index in [-0.39, 0.29) is 23.3 Å². The number of halogens is 1. The van der Waals surface area contributed by atoms with Gasteiger partial charge in [-0.25, -0.2) is 4.79 Å². The van der Waals surface area contributed by atoms with E-state index in [2.05, 4.69) is 0 Å². The maximum Gasteiger partial charge on any atom is 0.333 e. The molecule has 0 aliphatic heterocycles. The van der Waals surface area contributed by atoms with Crippen molar-refractivity contribution in [2.75, 3.05) is 0 Å². The van der Waals surface area contributed by atoms with E-state index in [0.717, 1.165) is 5.56 Å². The molecule has 0 saturated heterocycles. The lowest BCUT2D eigenvalue weighted by molar-refractivity contribution is -0.132. The SMILES string of the molecule is CCC(C(=O)O)=C(C#N)c1ccc(-c2ccc(Cl)cc2)o1. The molecule has 0 bridgehead atoms. The molecule has 2 aromatic rings. The van der Waals surface area contributed by atoms with Gasteiger partial charge >= 0.3 is 5.97 Å². The van der Waals surface area contributed by atoms with Crippen molar-refractivity contribution in [3.05, 3.63) is 52.8 Å². The topological polar surface area (TPSA) is 74.2 Å². The van der Waals surface area contributed by atoms with Gasteiger partial charge in [-0.1, -0.05) is 18.5 Å². The molecule has 0 fully saturated rings. The summed E-state index contributed by atoms with van der Waals surface area (Å²) in [5.41, 5.74) is 0.885. The first-order valence-corrected chi connectivity index (χ1v) is 6.67. The van der Waals surface area contributed by atoms with Gasteiger partial charge in [0.2, 0.25) is 0 Å². The summed E-state index contributed by atoms with van der Waals surface area (Å²) < 4.78 is 5.61. The van der Waals surface area contributed by atoms with E-state index >= 15 is 0 Å². The molecule has 0 unspecified atom stereocenters. The third-order valence-electron chi connectivity index (χ3n) is 3.01. The molecule has 106 valence electrons. The molecule has 1 N–H and O–H groups in total. The molecule has 0 radical (unpaired) electrons. The molecule has 1 heterocycles. The first kappa shape index (κ1) is 14.9. The van der Waals surface area contributed by atoms with Crippen molar-refractivity contribution < 1.29 is 14.3 Å². The fourth-order valence-corrected chi connectivity index (χ4v) is 2.07. The number of carboxylic acids is 1. The van der Waals surface area contributed by atoms with Gasteiger partial charge in [-0.2, -0.15) is 5.26 Å². The second-order valence-corrected chi connectivity index (χ2v) is 4.73. The number of aliphatic carboxylic acids is 1. The molecule has 0 spiro atoms. The number of nitrogens with zero attached hydrogens (tertiary/aromatic N) is 1. The predicted octanol–water partition coefficient (Wildman–Crippen LogP) is 4.37. The highest BCUT2D eigenvalue weighted by molar-refractivity contribution is 6.30. The Morgan fingerprint density at radius 3 is 2.48 bits per heavy atom. The lowest BCUT2D eigenvalue weighted by Crippen LogP contribution is -2.02. The summed E-state index contributed by atoms with van der Waals surface area (Å²) in [5.74, 6) is -0.310. The Kier molecular flexibility index (Phi) is 4.46. The van der Waals surface area contributed by atoms with E-state index in [9.17, 15) is 10.1 Å². The molecule has 1 aromatic carbocycles. The van der Waals surface area contributed by atoms with E-state index in [4.69, 9.17) is 21.1 Å². The molecule has 0 aliphatic carbocycles. The Labute approximate surface area is 126 Å². The summed E-state index contributed by atoms with van der Waals surface area (Å²) in [6.45, 7) is 1.68. The highest BCUT2D eigenvalue weighted by Crippen LogP contribution is 2.28. The van der Waals surface area contributed by atoms with Crippen LogP contribution in [0.15, 0.2) is 46.4 Å². The van der Waals surface area contributed by atoms with Crippen LogP contribution in [0, 0.1) is 11.3 Å². The molecular weight excluding hydrogens is 290 g/mol. The van der Waals surface area contributed by atoms with Crippen LogP contribution in [0.1, 0.15) is 19.1 Å². The average Bonchev–Trinajstić information content (AvgIpc) is 2.94. The summed E-state index contributed by atoms with van der Waals surface area (Å²) in [5, 5.41) is 18.9. The molecule has 0 saturated carbocycles. The van der Waals surface area contributed by atoms with Gasteiger partial charge in [-0.15, -0.1) is 0 Å². The van der Waals surface area contributed by atoms with E-state index in [1.165, 1.54) is 0 Å². The number of furan rings is 1. The Hall–Kier alpha value is -2.51. The largest absolute Gasteiger partial charge is 0.478 e. The highest BCUT2D eigenvalue weighted by atomic mass is 35.5. The van der Waals surface area contributed by atoms with E-state index < -0.39 is 5.97 Å². The van der Waals surface area contributed by atoms with Crippen molar-refractivity contribution in [3.8, 4) is 17.4 Å². The van der Waals surface area contributed by atoms with Gasteiger partial charge < -0.3 is 9.52 Å². The van der Waals surface area contributed by atoms with Gasteiger partial charge in [0.25, 0.3) is 0 Å². The first-order valence-electron chi connectivity index (χ1n) is 6.29. The standard InChI is InChI=1S/C16H12ClNO3/c1-2-12(16(19)20)13(9-18)15-8-7-14(21-15)10-3-5-11(17)6-4-10/h3-8H,2H2,1H3,(H,19,20). The second kappa shape index (κ2) is 6.29. The molecule has 4 nitrogen and oxygen atoms in total. The summed E-state index contributed by atoms with van der Waals surface area (Å²) in [4.78, 5) is 11.2. The monoisotopic (exact) mass is 301 g/mol. The molecule has 21 heavy (non-hydrogen) atoms. The van der Waals surface area contributed by atoms with E-state index in [1.807, 2.05) is 6.07 Å². The van der Waals surface area contributed by atoms with Crippen LogP contribution < -0.4 is 0 Å². The quantitative estimate of drug-likeness (QED) is 0.672. The average molecular weight is 302 g/mol. The molecule has 1 aromatic heterocycles. The molecule has 5 heteroatoms. The number of hydrogen-bond acceptors (Lipinski definition) is 3. The van der Waals surface area contributed by atoms with Crippen molar-refractivity contribution in [1.29, 1.82) is 5.26 Å². The Morgan fingerprint density at radius 1 is 1.29 bits per heavy atom. The van der Waals surface area contributed by atoms with Crippen molar-refractivity contribution in [2.45, 2.75) is 13.3 Å². The minimum Gasteiger partial charge on any atom is -0.478 e. The van der Waals surface area contributed by atoms with Gasteiger partial charge in [0.05, 0.1) is 5.57 Å². The smallest absolute Gasteiger partial charge is 0.333 e. The minimum atomic E-state index is -1.11. The van der Waals surface area contributed by atoms with Crippen molar-refractivity contribution in [2.24, 2.45) is 0 Å². The molecule has 0 amide bonds. The summed E-state index contributed by atoms with van der Waals surface area (Å²) >= 11 is 5.83. The number of carboxylic acid groups (broad SMARTS) is 1. The Bertz CT molecular complexity index is 736.